The number of carbonyl (C=O) groups excluding carboxylic acids is 1. The molecule has 24 heavy (non-hydrogen) atoms. The fraction of sp³-hybridized carbons (Fsp3) is 0.579. The summed E-state index contributed by atoms with van der Waals surface area (Å²) in [5.41, 5.74) is 2.24. The lowest BCUT2D eigenvalue weighted by Crippen LogP contribution is -2.38. The lowest BCUT2D eigenvalue weighted by molar-refractivity contribution is -0.144. The van der Waals surface area contributed by atoms with E-state index in [1.54, 1.807) is 0 Å². The van der Waals surface area contributed by atoms with Crippen LogP contribution < -0.4 is 10.1 Å². The summed E-state index contributed by atoms with van der Waals surface area (Å²) in [5.74, 6) is -0.116. The second-order valence-corrected chi connectivity index (χ2v) is 6.77. The zero-order valence-corrected chi connectivity index (χ0v) is 14.1. The topological polar surface area (TPSA) is 75.6 Å². The van der Waals surface area contributed by atoms with Gasteiger partial charge in [0.2, 0.25) is 5.91 Å². The third-order valence-corrected chi connectivity index (χ3v) is 5.30. The van der Waals surface area contributed by atoms with E-state index in [-0.39, 0.29) is 23.8 Å². The first kappa shape index (κ1) is 16.8. The van der Waals surface area contributed by atoms with Crippen LogP contribution in [0.5, 0.6) is 5.75 Å². The van der Waals surface area contributed by atoms with Crippen LogP contribution in [0, 0.1) is 11.8 Å². The Morgan fingerprint density at radius 1 is 1.17 bits per heavy atom. The Kier molecular flexibility index (Phi) is 5.07. The quantitative estimate of drug-likeness (QED) is 0.889. The summed E-state index contributed by atoms with van der Waals surface area (Å²) in [7, 11) is 0. The Labute approximate surface area is 142 Å². The fourth-order valence-corrected chi connectivity index (χ4v) is 3.81. The fourth-order valence-electron chi connectivity index (χ4n) is 3.81. The van der Waals surface area contributed by atoms with Crippen LogP contribution in [0.15, 0.2) is 18.2 Å². The van der Waals surface area contributed by atoms with Crippen molar-refractivity contribution in [2.45, 2.75) is 51.5 Å². The van der Waals surface area contributed by atoms with Gasteiger partial charge in [-0.25, -0.2) is 0 Å². The Balaban J connectivity index is 1.65. The predicted octanol–water partition coefficient (Wildman–Crippen LogP) is 3.08. The summed E-state index contributed by atoms with van der Waals surface area (Å²) in [5, 5.41) is 12.2. The van der Waals surface area contributed by atoms with Crippen molar-refractivity contribution in [3.05, 3.63) is 29.3 Å². The van der Waals surface area contributed by atoms with Crippen molar-refractivity contribution in [2.75, 3.05) is 6.61 Å². The summed E-state index contributed by atoms with van der Waals surface area (Å²) in [6, 6.07) is 6.10. The molecule has 0 radical (unpaired) electrons. The van der Waals surface area contributed by atoms with Gasteiger partial charge < -0.3 is 15.2 Å². The van der Waals surface area contributed by atoms with E-state index in [1.165, 1.54) is 5.56 Å². The standard InChI is InChI=1S/C19H25NO4/c1-2-12-4-3-5-15-16(10-11-24-17(12)15)20-18(21)13-6-8-14(9-7-13)19(22)23/h3-5,13-14,16H,2,6-11H2,1H3,(H,20,21)(H,22,23). The van der Waals surface area contributed by atoms with Gasteiger partial charge in [0.1, 0.15) is 5.75 Å². The van der Waals surface area contributed by atoms with Crippen LogP contribution in [0.25, 0.3) is 0 Å². The molecule has 0 saturated heterocycles. The van der Waals surface area contributed by atoms with E-state index in [1.807, 2.05) is 12.1 Å². The Bertz CT molecular complexity index is 620. The number of rotatable bonds is 4. The zero-order valence-electron chi connectivity index (χ0n) is 14.1. The van der Waals surface area contributed by atoms with Gasteiger partial charge in [-0.2, -0.15) is 0 Å². The summed E-state index contributed by atoms with van der Waals surface area (Å²) < 4.78 is 5.83. The van der Waals surface area contributed by atoms with Crippen LogP contribution in [0.1, 0.15) is 56.2 Å². The second-order valence-electron chi connectivity index (χ2n) is 6.77. The third kappa shape index (κ3) is 3.40. The van der Waals surface area contributed by atoms with Crippen molar-refractivity contribution in [3.63, 3.8) is 0 Å². The van der Waals surface area contributed by atoms with Gasteiger partial charge in [0.25, 0.3) is 0 Å². The number of ether oxygens (including phenoxy) is 1. The minimum absolute atomic E-state index is 0.00931. The minimum atomic E-state index is -0.737. The molecule has 1 heterocycles. The summed E-state index contributed by atoms with van der Waals surface area (Å²) in [6.45, 7) is 2.71. The molecule has 1 fully saturated rings. The number of benzene rings is 1. The average molecular weight is 331 g/mol. The van der Waals surface area contributed by atoms with Crippen LogP contribution in [-0.4, -0.2) is 23.6 Å². The largest absolute Gasteiger partial charge is 0.493 e. The molecule has 1 aromatic rings. The Hall–Kier alpha value is -2.04. The summed E-state index contributed by atoms with van der Waals surface area (Å²) in [4.78, 5) is 23.6. The molecule has 2 N–H and O–H groups in total. The average Bonchev–Trinajstić information content (AvgIpc) is 2.61. The molecular formula is C19H25NO4. The van der Waals surface area contributed by atoms with Crippen LogP contribution in [0.2, 0.25) is 0 Å². The van der Waals surface area contributed by atoms with E-state index < -0.39 is 5.97 Å². The molecule has 2 aliphatic rings. The number of carboxylic acids is 1. The lowest BCUT2D eigenvalue weighted by Gasteiger charge is -2.31. The van der Waals surface area contributed by atoms with E-state index in [9.17, 15) is 9.59 Å². The first-order valence-electron chi connectivity index (χ1n) is 8.88. The lowest BCUT2D eigenvalue weighted by atomic mass is 9.81. The number of carboxylic acid groups (broad SMARTS) is 1. The van der Waals surface area contributed by atoms with Gasteiger partial charge in [0.15, 0.2) is 0 Å². The van der Waals surface area contributed by atoms with Crippen molar-refractivity contribution in [1.29, 1.82) is 0 Å². The number of hydrogen-bond acceptors (Lipinski definition) is 3. The maximum atomic E-state index is 12.6. The number of para-hydroxylation sites is 1. The van der Waals surface area contributed by atoms with Crippen LogP contribution in [0.4, 0.5) is 0 Å². The van der Waals surface area contributed by atoms with Crippen molar-refractivity contribution < 1.29 is 19.4 Å². The SMILES string of the molecule is CCc1cccc2c1OCCC2NC(=O)C1CCC(C(=O)O)CC1. The number of hydrogen-bond donors (Lipinski definition) is 2. The van der Waals surface area contributed by atoms with E-state index in [0.717, 1.165) is 24.2 Å². The molecule has 1 saturated carbocycles. The molecule has 0 spiro atoms. The third-order valence-electron chi connectivity index (χ3n) is 5.30. The molecule has 130 valence electrons. The number of aliphatic carboxylic acids is 1. The van der Waals surface area contributed by atoms with Crippen LogP contribution in [-0.2, 0) is 16.0 Å². The van der Waals surface area contributed by atoms with E-state index in [2.05, 4.69) is 18.3 Å². The van der Waals surface area contributed by atoms with Gasteiger partial charge >= 0.3 is 5.97 Å². The molecule has 5 heteroatoms. The number of carbonyl (C=O) groups is 2. The highest BCUT2D eigenvalue weighted by atomic mass is 16.5. The molecule has 3 rings (SSSR count). The van der Waals surface area contributed by atoms with Gasteiger partial charge in [-0.3, -0.25) is 9.59 Å². The highest BCUT2D eigenvalue weighted by Gasteiger charge is 2.32. The highest BCUT2D eigenvalue weighted by Crippen LogP contribution is 2.36. The smallest absolute Gasteiger partial charge is 0.306 e. The van der Waals surface area contributed by atoms with Crippen LogP contribution >= 0.6 is 0 Å². The Morgan fingerprint density at radius 2 is 1.88 bits per heavy atom. The van der Waals surface area contributed by atoms with Gasteiger partial charge in [0.05, 0.1) is 18.6 Å². The maximum Gasteiger partial charge on any atom is 0.306 e. The molecule has 5 nitrogen and oxygen atoms in total. The van der Waals surface area contributed by atoms with Crippen molar-refractivity contribution >= 4 is 11.9 Å². The number of aryl methyl sites for hydroxylation is 1. The number of fused-ring (bicyclic) bond motifs is 1. The predicted molar refractivity (Wildman–Crippen MR) is 89.9 cm³/mol. The number of amides is 1. The molecule has 1 unspecified atom stereocenters. The maximum absolute atomic E-state index is 12.6. The van der Waals surface area contributed by atoms with Gasteiger partial charge in [-0.05, 0) is 37.7 Å². The van der Waals surface area contributed by atoms with Gasteiger partial charge in [-0.15, -0.1) is 0 Å². The van der Waals surface area contributed by atoms with Crippen LogP contribution in [0.3, 0.4) is 0 Å². The second kappa shape index (κ2) is 7.24. The molecule has 1 amide bonds. The van der Waals surface area contributed by atoms with E-state index in [4.69, 9.17) is 9.84 Å². The number of nitrogens with one attached hydrogen (secondary N) is 1. The molecule has 0 aromatic heterocycles. The summed E-state index contributed by atoms with van der Waals surface area (Å²) >= 11 is 0. The van der Waals surface area contributed by atoms with Crippen molar-refractivity contribution in [3.8, 4) is 5.75 Å². The van der Waals surface area contributed by atoms with E-state index in [0.29, 0.717) is 32.3 Å². The van der Waals surface area contributed by atoms with Crippen molar-refractivity contribution in [1.82, 2.24) is 5.32 Å². The highest BCUT2D eigenvalue weighted by molar-refractivity contribution is 5.80. The summed E-state index contributed by atoms with van der Waals surface area (Å²) in [6.07, 6.45) is 4.19. The first-order chi connectivity index (χ1) is 11.6. The zero-order chi connectivity index (χ0) is 17.1. The first-order valence-corrected chi connectivity index (χ1v) is 8.88. The molecule has 1 aliphatic carbocycles. The molecule has 1 aliphatic heterocycles. The van der Waals surface area contributed by atoms with Gasteiger partial charge in [0, 0.05) is 17.9 Å². The monoisotopic (exact) mass is 331 g/mol. The Morgan fingerprint density at radius 3 is 2.54 bits per heavy atom. The van der Waals surface area contributed by atoms with Gasteiger partial charge in [-0.1, -0.05) is 25.1 Å². The van der Waals surface area contributed by atoms with E-state index >= 15 is 0 Å². The van der Waals surface area contributed by atoms with Crippen molar-refractivity contribution in [2.24, 2.45) is 11.8 Å². The molecule has 1 atom stereocenters. The molecule has 0 bridgehead atoms. The molecule has 1 aromatic carbocycles. The normalized spacial score (nSPS) is 26.1. The minimum Gasteiger partial charge on any atom is -0.493 e. The molecular weight excluding hydrogens is 306 g/mol.